The molecule has 0 fully saturated rings. The maximum atomic E-state index is 10.0. The zero-order valence-corrected chi connectivity index (χ0v) is 57.9. The Bertz CT molecular complexity index is 1290. The van der Waals surface area contributed by atoms with Crippen molar-refractivity contribution in [2.45, 2.75) is 87.7 Å². The van der Waals surface area contributed by atoms with Crippen molar-refractivity contribution in [1.29, 1.82) is 0 Å². The normalized spacial score (nSPS) is 11.5. The van der Waals surface area contributed by atoms with E-state index in [0.717, 1.165) is 0 Å². The van der Waals surface area contributed by atoms with E-state index in [0.29, 0.717) is 0 Å². The first-order valence-electron chi connectivity index (χ1n) is 14.9. The van der Waals surface area contributed by atoms with Gasteiger partial charge in [0.05, 0.1) is 42.7 Å². The van der Waals surface area contributed by atoms with Crippen LogP contribution in [0.1, 0.15) is 44.9 Å². The van der Waals surface area contributed by atoms with Gasteiger partial charge in [-0.1, -0.05) is 121 Å². The second kappa shape index (κ2) is 65.4. The summed E-state index contributed by atoms with van der Waals surface area (Å²) in [5, 5.41) is 190. The number of hydrogen-bond acceptors (Lipinski definition) is 35. The third kappa shape index (κ3) is 97.2. The van der Waals surface area contributed by atoms with E-state index in [-0.39, 0.29) is 194 Å². The fraction of sp³-hybridized carbons (Fsp3) is 0.500. The van der Waals surface area contributed by atoms with Gasteiger partial charge in [-0.2, -0.15) is 0 Å². The minimum atomic E-state index is -1.38. The molecule has 0 aliphatic heterocycles. The molecule has 0 aliphatic carbocycles. The molecule has 0 rings (SSSR count). The average molecular weight is 1980 g/mol. The van der Waals surface area contributed by atoms with Crippen LogP contribution in [0.15, 0.2) is 0 Å². The number of thiocarbonyl (C=S) groups is 14. The molecular formula is C28H28Au4Na2O21S14. The molecule has 0 aromatic heterocycles. The molecule has 7 atom stereocenters. The summed E-state index contributed by atoms with van der Waals surface area (Å²) >= 11 is 56.8. The summed E-state index contributed by atoms with van der Waals surface area (Å²) in [5.74, 6) is 0. The molecule has 7 unspecified atom stereocenters. The minimum absolute atomic E-state index is 0. The Hall–Kier alpha value is 3.14. The Kier molecular flexibility index (Phi) is 99.0. The summed E-state index contributed by atoms with van der Waals surface area (Å²) < 4.78 is 0. The summed E-state index contributed by atoms with van der Waals surface area (Å²) in [7, 11) is 0. The molecule has 396 valence electrons. The summed E-state index contributed by atoms with van der Waals surface area (Å²) in [6, 6.07) is 0. The van der Waals surface area contributed by atoms with E-state index in [1.54, 1.807) is 0 Å². The quantitative estimate of drug-likeness (QED) is 0.0414. The Morgan fingerprint density at radius 2 is 0.275 bits per heavy atom. The van der Waals surface area contributed by atoms with Gasteiger partial charge in [0.2, 0.25) is 0 Å². The smallest absolute Gasteiger partial charge is 0.867 e. The molecular weight excluding hydrogens is 1960 g/mol. The topological polar surface area (TPSA) is 464 Å². The number of aliphatic hydroxyl groups excluding tert-OH is 7. The SMILES string of the molecule is [Au+3].[Au+3].[Au+3].[Au+3].[Na+].[Na+].[O-]C(=S)CC(O)C([O-])=S.[O-]C(=S)CC(O)C([O-])=S.[O-]C(=S)CC(O)C([O-])=S.[O-]C(=S)CC(O)C([O-])=S.[O-]C(=S)CC(O)C([O-])=S.[O-]C(=S)CC(O)C([O-])=S.[O-]C(=S)CC(O)C([O-])=S. The third-order valence-electron chi connectivity index (χ3n) is 4.42. The first kappa shape index (κ1) is 104. The maximum Gasteiger partial charge on any atom is 3.00 e. The molecule has 0 saturated heterocycles. The first-order chi connectivity index (χ1) is 28.3. The summed E-state index contributed by atoms with van der Waals surface area (Å²) in [4.78, 5) is 0. The second-order valence-corrected chi connectivity index (χ2v) is 15.9. The van der Waals surface area contributed by atoms with Gasteiger partial charge in [0.1, 0.15) is 0 Å². The molecule has 0 aliphatic rings. The van der Waals surface area contributed by atoms with E-state index in [4.69, 9.17) is 35.7 Å². The van der Waals surface area contributed by atoms with Crippen molar-refractivity contribution in [1.82, 2.24) is 0 Å². The number of hydrogen-bond donors (Lipinski definition) is 7. The van der Waals surface area contributed by atoms with Gasteiger partial charge in [0, 0.05) is 0 Å². The monoisotopic (exact) mass is 1980 g/mol. The van der Waals surface area contributed by atoms with Crippen LogP contribution in [0.25, 0.3) is 0 Å². The van der Waals surface area contributed by atoms with Crippen LogP contribution in [0.5, 0.6) is 0 Å². The van der Waals surface area contributed by atoms with E-state index < -0.39 is 113 Å². The predicted molar refractivity (Wildman–Crippen MR) is 251 cm³/mol. The van der Waals surface area contributed by atoms with Gasteiger partial charge in [0.15, 0.2) is 0 Å². The molecule has 0 heterocycles. The van der Waals surface area contributed by atoms with Gasteiger partial charge in [-0.15, -0.1) is 85.5 Å². The van der Waals surface area contributed by atoms with E-state index in [1.807, 2.05) is 0 Å². The second-order valence-electron chi connectivity index (χ2n) is 9.88. The fourth-order valence-electron chi connectivity index (χ4n) is 1.69. The Labute approximate surface area is 576 Å². The molecule has 0 radical (unpaired) electrons. The Balaban J connectivity index is -0.0000000475. The zero-order chi connectivity index (χ0) is 52.1. The molecule has 21 nitrogen and oxygen atoms in total. The van der Waals surface area contributed by atoms with Gasteiger partial charge in [0.25, 0.3) is 0 Å². The minimum Gasteiger partial charge on any atom is -0.867 e. The molecule has 41 heteroatoms. The number of aliphatic hydroxyl groups is 7. The van der Waals surface area contributed by atoms with Gasteiger partial charge < -0.3 is 107 Å². The van der Waals surface area contributed by atoms with Gasteiger partial charge in [-0.25, -0.2) is 0 Å². The molecule has 7 N–H and O–H groups in total. The van der Waals surface area contributed by atoms with Crippen LogP contribution in [0.3, 0.4) is 0 Å². The largest absolute Gasteiger partial charge is 3.00 e. The van der Waals surface area contributed by atoms with Crippen molar-refractivity contribution >= 4 is 242 Å². The molecule has 0 saturated carbocycles. The van der Waals surface area contributed by atoms with Crippen molar-refractivity contribution < 1.29 is 256 Å². The van der Waals surface area contributed by atoms with Gasteiger partial charge in [-0.3, -0.25) is 0 Å². The standard InChI is InChI=1S/7C4H6O3S2.4Au.2Na/c7*5-2(4(7)9)1-3(6)8;;;;;;/h7*2,5H,1H2,(H,6,8)(H,7,9);;;;;;/q;;;;;;;4*+3;2*+1/p-14. The van der Waals surface area contributed by atoms with Gasteiger partial charge >= 0.3 is 149 Å². The van der Waals surface area contributed by atoms with Crippen LogP contribution < -0.4 is 131 Å². The van der Waals surface area contributed by atoms with Crippen molar-refractivity contribution in [3.63, 3.8) is 0 Å². The molecule has 0 aromatic carbocycles. The summed E-state index contributed by atoms with van der Waals surface area (Å²) in [6.07, 6.45) is -12.1. The van der Waals surface area contributed by atoms with Crippen LogP contribution in [0, 0.1) is 0 Å². The van der Waals surface area contributed by atoms with Crippen LogP contribution >= 0.6 is 171 Å². The van der Waals surface area contributed by atoms with Crippen LogP contribution in [-0.2, 0) is 89.5 Å². The molecule has 0 aromatic rings. The summed E-state index contributed by atoms with van der Waals surface area (Å²) in [5.41, 5.74) is 0. The maximum absolute atomic E-state index is 10.0. The van der Waals surface area contributed by atoms with Crippen molar-refractivity contribution in [2.24, 2.45) is 0 Å². The molecule has 0 amide bonds. The van der Waals surface area contributed by atoms with E-state index in [2.05, 4.69) is 171 Å². The molecule has 69 heavy (non-hydrogen) atoms. The van der Waals surface area contributed by atoms with E-state index in [1.165, 1.54) is 0 Å². The van der Waals surface area contributed by atoms with Crippen LogP contribution in [0.4, 0.5) is 0 Å². The predicted octanol–water partition coefficient (Wildman–Crippen LogP) is -19.2. The molecule has 0 spiro atoms. The Morgan fingerprint density at radius 3 is 0.290 bits per heavy atom. The Morgan fingerprint density at radius 1 is 0.217 bits per heavy atom. The van der Waals surface area contributed by atoms with Crippen molar-refractivity contribution in [2.75, 3.05) is 0 Å². The zero-order valence-electron chi connectivity index (χ0n) is 33.8. The first-order valence-corrected chi connectivity index (χ1v) is 20.6. The number of rotatable bonds is 21. The third-order valence-corrected chi connectivity index (χ3v) is 7.50. The van der Waals surface area contributed by atoms with Crippen molar-refractivity contribution in [3.05, 3.63) is 0 Å². The van der Waals surface area contributed by atoms with Gasteiger partial charge in [-0.05, 0) is 80.3 Å². The van der Waals surface area contributed by atoms with Crippen LogP contribution in [-0.4, -0.2) is 149 Å². The summed E-state index contributed by atoms with van der Waals surface area (Å²) in [6.45, 7) is 0. The van der Waals surface area contributed by atoms with Crippen LogP contribution in [0.2, 0.25) is 0 Å². The average Bonchev–Trinajstić information content (AvgIpc) is 3.07. The fourth-order valence-corrected chi connectivity index (χ4v) is 3.38. The van der Waals surface area contributed by atoms with E-state index in [9.17, 15) is 71.5 Å². The van der Waals surface area contributed by atoms with E-state index >= 15 is 0 Å². The molecule has 0 bridgehead atoms. The van der Waals surface area contributed by atoms with Crippen molar-refractivity contribution in [3.8, 4) is 0 Å².